The van der Waals surface area contributed by atoms with Crippen molar-refractivity contribution >= 4 is 39.1 Å². The second-order valence-electron chi connectivity index (χ2n) is 4.27. The second-order valence-corrected chi connectivity index (χ2v) is 6.85. The SMILES string of the molecule is O=C1CCC(NS(=O)(=O)c2cc(Cl)cc(Cl)c2)CN1. The smallest absolute Gasteiger partial charge is 0.240 e. The van der Waals surface area contributed by atoms with Crippen molar-refractivity contribution in [1.82, 2.24) is 10.0 Å². The Bertz CT molecular complexity index is 574. The summed E-state index contributed by atoms with van der Waals surface area (Å²) >= 11 is 11.6. The number of carbonyl (C=O) groups is 1. The summed E-state index contributed by atoms with van der Waals surface area (Å²) in [7, 11) is -3.69. The van der Waals surface area contributed by atoms with Gasteiger partial charge in [-0.25, -0.2) is 13.1 Å². The van der Waals surface area contributed by atoms with E-state index in [4.69, 9.17) is 23.2 Å². The van der Waals surface area contributed by atoms with Crippen LogP contribution in [0.15, 0.2) is 23.1 Å². The first-order valence-corrected chi connectivity index (χ1v) is 7.86. The molecule has 0 radical (unpaired) electrons. The molecular formula is C11H12Cl2N2O3S. The average molecular weight is 323 g/mol. The first-order chi connectivity index (χ1) is 8.87. The van der Waals surface area contributed by atoms with Gasteiger partial charge in [0, 0.05) is 29.1 Å². The van der Waals surface area contributed by atoms with Crippen molar-refractivity contribution in [3.63, 3.8) is 0 Å². The fourth-order valence-corrected chi connectivity index (χ4v) is 3.80. The zero-order chi connectivity index (χ0) is 14.0. The molecule has 2 N–H and O–H groups in total. The maximum Gasteiger partial charge on any atom is 0.240 e. The van der Waals surface area contributed by atoms with Crippen molar-refractivity contribution in [2.45, 2.75) is 23.8 Å². The summed E-state index contributed by atoms with van der Waals surface area (Å²) in [5.41, 5.74) is 0. The van der Waals surface area contributed by atoms with E-state index in [9.17, 15) is 13.2 Å². The van der Waals surface area contributed by atoms with Crippen LogP contribution in [0.25, 0.3) is 0 Å². The van der Waals surface area contributed by atoms with Crippen LogP contribution in [0.3, 0.4) is 0 Å². The third kappa shape index (κ3) is 3.82. The van der Waals surface area contributed by atoms with Crippen LogP contribution in [0.5, 0.6) is 0 Å². The first kappa shape index (κ1) is 14.6. The number of halogens is 2. The standard InChI is InChI=1S/C11H12Cl2N2O3S/c12-7-3-8(13)5-10(4-7)19(17,18)15-9-1-2-11(16)14-6-9/h3-5,9,15H,1-2,6H2,(H,14,16). The van der Waals surface area contributed by atoms with Gasteiger partial charge in [-0.3, -0.25) is 4.79 Å². The lowest BCUT2D eigenvalue weighted by molar-refractivity contribution is -0.122. The number of hydrogen-bond acceptors (Lipinski definition) is 3. The molecule has 2 rings (SSSR count). The molecule has 0 aromatic heterocycles. The molecule has 8 heteroatoms. The van der Waals surface area contributed by atoms with Gasteiger partial charge in [-0.05, 0) is 24.6 Å². The Morgan fingerprint density at radius 3 is 2.37 bits per heavy atom. The largest absolute Gasteiger partial charge is 0.355 e. The number of hydrogen-bond donors (Lipinski definition) is 2. The molecule has 1 fully saturated rings. The molecule has 19 heavy (non-hydrogen) atoms. The quantitative estimate of drug-likeness (QED) is 0.886. The van der Waals surface area contributed by atoms with Gasteiger partial charge in [0.2, 0.25) is 15.9 Å². The summed E-state index contributed by atoms with van der Waals surface area (Å²) in [6, 6.07) is 3.80. The molecule has 1 aliphatic heterocycles. The molecule has 0 saturated carbocycles. The molecule has 5 nitrogen and oxygen atoms in total. The number of sulfonamides is 1. The molecular weight excluding hydrogens is 311 g/mol. The van der Waals surface area contributed by atoms with Gasteiger partial charge < -0.3 is 5.32 Å². The molecule has 0 aliphatic carbocycles. The Morgan fingerprint density at radius 1 is 1.21 bits per heavy atom. The number of benzene rings is 1. The van der Waals surface area contributed by atoms with Crippen molar-refractivity contribution in [3.8, 4) is 0 Å². The van der Waals surface area contributed by atoms with E-state index in [2.05, 4.69) is 10.0 Å². The molecule has 1 saturated heterocycles. The Hall–Kier alpha value is -0.820. The van der Waals surface area contributed by atoms with E-state index in [1.807, 2.05) is 0 Å². The van der Waals surface area contributed by atoms with Gasteiger partial charge in [-0.15, -0.1) is 0 Å². The highest BCUT2D eigenvalue weighted by Crippen LogP contribution is 2.22. The maximum absolute atomic E-state index is 12.1. The zero-order valence-electron chi connectivity index (χ0n) is 9.82. The summed E-state index contributed by atoms with van der Waals surface area (Å²) in [6.45, 7) is 0.284. The number of carbonyl (C=O) groups excluding carboxylic acids is 1. The molecule has 1 heterocycles. The Kier molecular flexibility index (Phi) is 4.35. The summed E-state index contributed by atoms with van der Waals surface area (Å²) in [5.74, 6) is -0.0683. The summed E-state index contributed by atoms with van der Waals surface area (Å²) in [6.07, 6.45) is 0.781. The van der Waals surface area contributed by atoms with E-state index in [1.165, 1.54) is 18.2 Å². The Morgan fingerprint density at radius 2 is 1.84 bits per heavy atom. The van der Waals surface area contributed by atoms with Crippen LogP contribution < -0.4 is 10.0 Å². The summed E-state index contributed by atoms with van der Waals surface area (Å²) < 4.78 is 26.8. The molecule has 1 aromatic carbocycles. The molecule has 1 amide bonds. The van der Waals surface area contributed by atoms with Crippen LogP contribution in [-0.2, 0) is 14.8 Å². The van der Waals surface area contributed by atoms with E-state index >= 15 is 0 Å². The monoisotopic (exact) mass is 322 g/mol. The van der Waals surface area contributed by atoms with E-state index in [-0.39, 0.29) is 33.4 Å². The van der Waals surface area contributed by atoms with E-state index in [1.54, 1.807) is 0 Å². The number of rotatable bonds is 3. The van der Waals surface area contributed by atoms with Gasteiger partial charge in [0.1, 0.15) is 0 Å². The highest BCUT2D eigenvalue weighted by Gasteiger charge is 2.24. The summed E-state index contributed by atoms with van der Waals surface area (Å²) in [5, 5.41) is 3.12. The molecule has 0 bridgehead atoms. The topological polar surface area (TPSA) is 75.3 Å². The fraction of sp³-hybridized carbons (Fsp3) is 0.364. The van der Waals surface area contributed by atoms with Crippen molar-refractivity contribution in [2.75, 3.05) is 6.54 Å². The van der Waals surface area contributed by atoms with Gasteiger partial charge in [-0.2, -0.15) is 0 Å². The predicted molar refractivity (Wildman–Crippen MR) is 72.8 cm³/mol. The molecule has 1 aliphatic rings. The summed E-state index contributed by atoms with van der Waals surface area (Å²) in [4.78, 5) is 11.0. The van der Waals surface area contributed by atoms with Gasteiger partial charge in [0.15, 0.2) is 0 Å². The van der Waals surface area contributed by atoms with Crippen molar-refractivity contribution in [3.05, 3.63) is 28.2 Å². The fourth-order valence-electron chi connectivity index (χ4n) is 1.80. The molecule has 1 atom stereocenters. The highest BCUT2D eigenvalue weighted by atomic mass is 35.5. The average Bonchev–Trinajstić information content (AvgIpc) is 2.31. The Balaban J connectivity index is 2.16. The molecule has 104 valence electrons. The van der Waals surface area contributed by atoms with Gasteiger partial charge in [-0.1, -0.05) is 23.2 Å². The maximum atomic E-state index is 12.1. The van der Waals surface area contributed by atoms with Crippen LogP contribution in [0.2, 0.25) is 10.0 Å². The minimum atomic E-state index is -3.69. The molecule has 1 aromatic rings. The minimum absolute atomic E-state index is 0.0156. The first-order valence-electron chi connectivity index (χ1n) is 5.62. The van der Waals surface area contributed by atoms with E-state index in [0.29, 0.717) is 12.8 Å². The van der Waals surface area contributed by atoms with Crippen molar-refractivity contribution in [2.24, 2.45) is 0 Å². The number of piperidine rings is 1. The second kappa shape index (κ2) is 5.66. The van der Waals surface area contributed by atoms with Crippen molar-refractivity contribution < 1.29 is 13.2 Å². The third-order valence-corrected chi connectivity index (χ3v) is 4.67. The third-order valence-electron chi connectivity index (χ3n) is 2.73. The number of amides is 1. The lowest BCUT2D eigenvalue weighted by atomic mass is 10.1. The van der Waals surface area contributed by atoms with Gasteiger partial charge in [0.25, 0.3) is 0 Å². The van der Waals surface area contributed by atoms with Gasteiger partial charge >= 0.3 is 0 Å². The lowest BCUT2D eigenvalue weighted by Crippen LogP contribution is -2.47. The molecule has 1 unspecified atom stereocenters. The molecule has 0 spiro atoms. The van der Waals surface area contributed by atoms with Crippen LogP contribution in [0.4, 0.5) is 0 Å². The predicted octanol–water partition coefficient (Wildman–Crippen LogP) is 1.55. The van der Waals surface area contributed by atoms with Crippen LogP contribution >= 0.6 is 23.2 Å². The normalized spacial score (nSPS) is 20.1. The van der Waals surface area contributed by atoms with Crippen molar-refractivity contribution in [1.29, 1.82) is 0 Å². The number of nitrogens with one attached hydrogen (secondary N) is 2. The highest BCUT2D eigenvalue weighted by molar-refractivity contribution is 7.89. The Labute approximate surface area is 121 Å². The van der Waals surface area contributed by atoms with Crippen LogP contribution in [0, 0.1) is 0 Å². The lowest BCUT2D eigenvalue weighted by Gasteiger charge is -2.23. The van der Waals surface area contributed by atoms with E-state index < -0.39 is 10.0 Å². The van der Waals surface area contributed by atoms with E-state index in [0.717, 1.165) is 0 Å². The van der Waals surface area contributed by atoms with Crippen LogP contribution in [0.1, 0.15) is 12.8 Å². The van der Waals surface area contributed by atoms with Crippen LogP contribution in [-0.4, -0.2) is 26.9 Å². The van der Waals surface area contributed by atoms with Gasteiger partial charge in [0.05, 0.1) is 4.90 Å². The zero-order valence-corrected chi connectivity index (χ0v) is 12.1. The minimum Gasteiger partial charge on any atom is -0.355 e.